The Morgan fingerprint density at radius 2 is 2.16 bits per heavy atom. The number of amides is 1. The van der Waals surface area contributed by atoms with E-state index in [0.717, 1.165) is 5.56 Å². The maximum absolute atomic E-state index is 12.3. The molecule has 104 valence electrons. The first-order valence-corrected chi connectivity index (χ1v) is 6.77. The van der Waals surface area contributed by atoms with Crippen molar-refractivity contribution < 1.29 is 9.53 Å². The van der Waals surface area contributed by atoms with Gasteiger partial charge in [-0.05, 0) is 19.4 Å². The molecule has 1 aromatic carbocycles. The maximum Gasteiger partial charge on any atom is 0.227 e. The van der Waals surface area contributed by atoms with Crippen LogP contribution in [0.15, 0.2) is 24.3 Å². The van der Waals surface area contributed by atoms with Crippen LogP contribution in [-0.4, -0.2) is 42.6 Å². The third-order valence-corrected chi connectivity index (χ3v) is 3.51. The molecule has 2 unspecified atom stereocenters. The lowest BCUT2D eigenvalue weighted by molar-refractivity contribution is -0.138. The predicted molar refractivity (Wildman–Crippen MR) is 74.9 cm³/mol. The molecular weight excluding hydrogens is 240 g/mol. The molecule has 1 aliphatic heterocycles. The Hall–Kier alpha value is -1.39. The van der Waals surface area contributed by atoms with Gasteiger partial charge in [0.2, 0.25) is 5.91 Å². The van der Waals surface area contributed by atoms with Crippen LogP contribution in [0.25, 0.3) is 0 Å². The molecule has 1 aromatic rings. The standard InChI is InChI=1S/C15H22N2O2/c1-11-3-5-13(6-4-11)9-15(18)17-7-8-19-14(10-17)12(2)16/h3-6,12,14H,7-10,16H2,1-2H3. The first-order chi connectivity index (χ1) is 9.06. The lowest BCUT2D eigenvalue weighted by Gasteiger charge is -2.34. The quantitative estimate of drug-likeness (QED) is 0.888. The summed E-state index contributed by atoms with van der Waals surface area (Å²) in [5.41, 5.74) is 8.10. The minimum absolute atomic E-state index is 0.0456. The maximum atomic E-state index is 12.3. The van der Waals surface area contributed by atoms with E-state index in [0.29, 0.717) is 26.1 Å². The van der Waals surface area contributed by atoms with Crippen molar-refractivity contribution in [1.29, 1.82) is 0 Å². The highest BCUT2D eigenvalue weighted by Gasteiger charge is 2.26. The molecule has 19 heavy (non-hydrogen) atoms. The molecule has 0 aliphatic carbocycles. The van der Waals surface area contributed by atoms with Gasteiger partial charge in [0.25, 0.3) is 0 Å². The molecule has 0 bridgehead atoms. The summed E-state index contributed by atoms with van der Waals surface area (Å²) in [5, 5.41) is 0. The van der Waals surface area contributed by atoms with Gasteiger partial charge in [0, 0.05) is 19.1 Å². The highest BCUT2D eigenvalue weighted by atomic mass is 16.5. The molecule has 2 atom stereocenters. The van der Waals surface area contributed by atoms with Gasteiger partial charge in [-0.25, -0.2) is 0 Å². The summed E-state index contributed by atoms with van der Waals surface area (Å²) >= 11 is 0. The number of hydrogen-bond acceptors (Lipinski definition) is 3. The van der Waals surface area contributed by atoms with Crippen molar-refractivity contribution in [3.63, 3.8) is 0 Å². The molecule has 0 saturated carbocycles. The topological polar surface area (TPSA) is 55.6 Å². The number of hydrogen-bond donors (Lipinski definition) is 1. The highest BCUT2D eigenvalue weighted by molar-refractivity contribution is 5.78. The molecule has 1 heterocycles. The number of ether oxygens (including phenoxy) is 1. The molecule has 0 radical (unpaired) electrons. The Labute approximate surface area is 114 Å². The van der Waals surface area contributed by atoms with E-state index in [-0.39, 0.29) is 18.1 Å². The highest BCUT2D eigenvalue weighted by Crippen LogP contribution is 2.11. The molecule has 2 N–H and O–H groups in total. The summed E-state index contributed by atoms with van der Waals surface area (Å²) < 4.78 is 5.57. The number of nitrogens with zero attached hydrogens (tertiary/aromatic N) is 1. The van der Waals surface area contributed by atoms with Crippen molar-refractivity contribution in [2.45, 2.75) is 32.4 Å². The van der Waals surface area contributed by atoms with Crippen LogP contribution in [-0.2, 0) is 16.0 Å². The Morgan fingerprint density at radius 1 is 1.47 bits per heavy atom. The molecule has 4 nitrogen and oxygen atoms in total. The number of carbonyl (C=O) groups is 1. The van der Waals surface area contributed by atoms with Crippen LogP contribution in [0.2, 0.25) is 0 Å². The number of nitrogens with two attached hydrogens (primary N) is 1. The minimum Gasteiger partial charge on any atom is -0.373 e. The van der Waals surface area contributed by atoms with Crippen LogP contribution in [0.3, 0.4) is 0 Å². The molecule has 0 spiro atoms. The summed E-state index contributed by atoms with van der Waals surface area (Å²) in [4.78, 5) is 14.1. The second-order valence-electron chi connectivity index (χ2n) is 5.27. The molecule has 4 heteroatoms. The molecular formula is C15H22N2O2. The molecule has 1 fully saturated rings. The van der Waals surface area contributed by atoms with Crippen LogP contribution >= 0.6 is 0 Å². The smallest absolute Gasteiger partial charge is 0.227 e. The van der Waals surface area contributed by atoms with Gasteiger partial charge in [-0.15, -0.1) is 0 Å². The fourth-order valence-electron chi connectivity index (χ4n) is 2.21. The van der Waals surface area contributed by atoms with E-state index >= 15 is 0 Å². The van der Waals surface area contributed by atoms with E-state index in [2.05, 4.69) is 0 Å². The van der Waals surface area contributed by atoms with Crippen LogP contribution < -0.4 is 5.73 Å². The van der Waals surface area contributed by atoms with E-state index in [1.165, 1.54) is 5.56 Å². The Kier molecular flexibility index (Phi) is 4.56. The molecule has 0 aromatic heterocycles. The van der Waals surface area contributed by atoms with Gasteiger partial charge in [0.1, 0.15) is 0 Å². The van der Waals surface area contributed by atoms with Crippen LogP contribution in [0.1, 0.15) is 18.1 Å². The van der Waals surface area contributed by atoms with E-state index in [1.807, 2.05) is 43.0 Å². The zero-order valence-electron chi connectivity index (χ0n) is 11.6. The molecule has 2 rings (SSSR count). The summed E-state index contributed by atoms with van der Waals surface area (Å²) in [6.45, 7) is 5.79. The first-order valence-electron chi connectivity index (χ1n) is 6.77. The lowest BCUT2D eigenvalue weighted by Crippen LogP contribution is -2.51. The first kappa shape index (κ1) is 14.0. The number of carbonyl (C=O) groups excluding carboxylic acids is 1. The third kappa shape index (κ3) is 3.78. The van der Waals surface area contributed by atoms with Crippen LogP contribution in [0.5, 0.6) is 0 Å². The van der Waals surface area contributed by atoms with E-state index < -0.39 is 0 Å². The van der Waals surface area contributed by atoms with Gasteiger partial charge < -0.3 is 15.4 Å². The minimum atomic E-state index is -0.0463. The van der Waals surface area contributed by atoms with Gasteiger partial charge in [-0.2, -0.15) is 0 Å². The van der Waals surface area contributed by atoms with Gasteiger partial charge in [-0.1, -0.05) is 29.8 Å². The average Bonchev–Trinajstić information content (AvgIpc) is 2.41. The number of aryl methyl sites for hydroxylation is 1. The van der Waals surface area contributed by atoms with Crippen LogP contribution in [0.4, 0.5) is 0 Å². The zero-order valence-corrected chi connectivity index (χ0v) is 11.6. The fraction of sp³-hybridized carbons (Fsp3) is 0.533. The molecule has 1 saturated heterocycles. The summed E-state index contributed by atoms with van der Waals surface area (Å²) in [6, 6.07) is 8.04. The number of rotatable bonds is 3. The summed E-state index contributed by atoms with van der Waals surface area (Å²) in [7, 11) is 0. The summed E-state index contributed by atoms with van der Waals surface area (Å²) in [6.07, 6.45) is 0.405. The zero-order chi connectivity index (χ0) is 13.8. The second kappa shape index (κ2) is 6.17. The Morgan fingerprint density at radius 3 is 2.79 bits per heavy atom. The second-order valence-corrected chi connectivity index (χ2v) is 5.27. The third-order valence-electron chi connectivity index (χ3n) is 3.51. The SMILES string of the molecule is Cc1ccc(CC(=O)N2CCOC(C(C)N)C2)cc1. The van der Waals surface area contributed by atoms with Crippen molar-refractivity contribution in [3.05, 3.63) is 35.4 Å². The van der Waals surface area contributed by atoms with E-state index in [4.69, 9.17) is 10.5 Å². The van der Waals surface area contributed by atoms with Gasteiger partial charge in [0.05, 0.1) is 19.1 Å². The number of benzene rings is 1. The largest absolute Gasteiger partial charge is 0.373 e. The van der Waals surface area contributed by atoms with Crippen molar-refractivity contribution in [2.24, 2.45) is 5.73 Å². The Bertz CT molecular complexity index is 428. The molecule has 1 aliphatic rings. The van der Waals surface area contributed by atoms with E-state index in [1.54, 1.807) is 0 Å². The lowest BCUT2D eigenvalue weighted by atomic mass is 10.1. The fourth-order valence-corrected chi connectivity index (χ4v) is 2.21. The van der Waals surface area contributed by atoms with Gasteiger partial charge in [-0.3, -0.25) is 4.79 Å². The van der Waals surface area contributed by atoms with Crippen molar-refractivity contribution in [1.82, 2.24) is 4.90 Å². The van der Waals surface area contributed by atoms with Crippen molar-refractivity contribution in [2.75, 3.05) is 19.7 Å². The van der Waals surface area contributed by atoms with Crippen LogP contribution in [0, 0.1) is 6.92 Å². The number of morpholine rings is 1. The van der Waals surface area contributed by atoms with Gasteiger partial charge >= 0.3 is 0 Å². The Balaban J connectivity index is 1.94. The average molecular weight is 262 g/mol. The van der Waals surface area contributed by atoms with E-state index in [9.17, 15) is 4.79 Å². The van der Waals surface area contributed by atoms with Gasteiger partial charge in [0.15, 0.2) is 0 Å². The predicted octanol–water partition coefficient (Wildman–Crippen LogP) is 1.11. The monoisotopic (exact) mass is 262 g/mol. The van der Waals surface area contributed by atoms with Crippen molar-refractivity contribution in [3.8, 4) is 0 Å². The van der Waals surface area contributed by atoms with Crippen molar-refractivity contribution >= 4 is 5.91 Å². The summed E-state index contributed by atoms with van der Waals surface area (Å²) in [5.74, 6) is 0.151. The molecule has 1 amide bonds. The normalized spacial score (nSPS) is 21.2.